The number of alkyl halides is 3. The Morgan fingerprint density at radius 1 is 1.12 bits per heavy atom. The van der Waals surface area contributed by atoms with Crippen LogP contribution in [0.4, 0.5) is 28.0 Å². The molecule has 0 saturated carbocycles. The van der Waals surface area contributed by atoms with Crippen LogP contribution in [0.2, 0.25) is 0 Å². The summed E-state index contributed by atoms with van der Waals surface area (Å²) in [6.07, 6.45) is -5.30. The van der Waals surface area contributed by atoms with Crippen molar-refractivity contribution < 1.29 is 36.6 Å². The number of esters is 1. The summed E-state index contributed by atoms with van der Waals surface area (Å²) in [6.45, 7) is 1.60. The maximum atomic E-state index is 13.5. The predicted molar refractivity (Wildman–Crippen MR) is 75.6 cm³/mol. The largest absolute Gasteiger partial charge is 0.462 e. The van der Waals surface area contributed by atoms with Gasteiger partial charge in [-0.2, -0.15) is 13.2 Å². The number of rotatable bonds is 6. The highest BCUT2D eigenvalue weighted by Crippen LogP contribution is 2.33. The molecule has 1 atom stereocenters. The van der Waals surface area contributed by atoms with E-state index in [0.29, 0.717) is 0 Å². The number of hydrogen-bond acceptors (Lipinski definition) is 4. The normalized spacial score (nSPS) is 13.8. The highest BCUT2D eigenvalue weighted by atomic mass is 19.4. The first-order valence-electron chi connectivity index (χ1n) is 6.89. The third-order valence-corrected chi connectivity index (χ3v) is 2.73. The van der Waals surface area contributed by atoms with E-state index in [9.17, 15) is 27.2 Å². The minimum Gasteiger partial charge on any atom is -0.462 e. The number of halogens is 4. The summed E-state index contributed by atoms with van der Waals surface area (Å²) in [7, 11) is 0. The van der Waals surface area contributed by atoms with E-state index < -0.39 is 36.3 Å². The van der Waals surface area contributed by atoms with Gasteiger partial charge in [0.25, 0.3) is 0 Å². The molecule has 0 bridgehead atoms. The zero-order chi connectivity index (χ0) is 18.4. The summed E-state index contributed by atoms with van der Waals surface area (Å²) in [5, 5.41) is 3.27. The molecule has 0 aliphatic heterocycles. The molecule has 24 heavy (non-hydrogen) atoms. The molecule has 2 amide bonds. The summed E-state index contributed by atoms with van der Waals surface area (Å²) < 4.78 is 62.4. The van der Waals surface area contributed by atoms with Crippen molar-refractivity contribution in [3.05, 3.63) is 30.1 Å². The molecule has 2 N–H and O–H groups in total. The van der Waals surface area contributed by atoms with E-state index in [0.717, 1.165) is 12.1 Å². The Labute approximate surface area is 135 Å². The van der Waals surface area contributed by atoms with Gasteiger partial charge in [0, 0.05) is 6.61 Å². The third-order valence-electron chi connectivity index (χ3n) is 2.73. The number of carbonyl (C=O) groups is 2. The number of ether oxygens (including phenoxy) is 2. The zero-order valence-corrected chi connectivity index (χ0v) is 12.9. The van der Waals surface area contributed by atoms with E-state index in [1.807, 2.05) is 5.32 Å². The van der Waals surface area contributed by atoms with Gasteiger partial charge in [0.05, 0.1) is 12.3 Å². The van der Waals surface area contributed by atoms with Gasteiger partial charge in [0.15, 0.2) is 0 Å². The summed E-state index contributed by atoms with van der Waals surface area (Å²) in [5.74, 6) is -2.69. The molecule has 0 saturated heterocycles. The second-order valence-corrected chi connectivity index (χ2v) is 4.39. The first kappa shape index (κ1) is 19.7. The minimum absolute atomic E-state index is 0.361. The fourth-order valence-electron chi connectivity index (χ4n) is 1.74. The molecule has 0 radical (unpaired) electrons. The van der Waals surface area contributed by atoms with Crippen LogP contribution in [0.25, 0.3) is 0 Å². The lowest BCUT2D eigenvalue weighted by Crippen LogP contribution is -2.67. The van der Waals surface area contributed by atoms with E-state index in [2.05, 4.69) is 9.47 Å². The summed E-state index contributed by atoms with van der Waals surface area (Å²) in [6, 6.07) is 3.34. The molecule has 1 rings (SSSR count). The second-order valence-electron chi connectivity index (χ2n) is 4.39. The van der Waals surface area contributed by atoms with Gasteiger partial charge in [-0.15, -0.1) is 0 Å². The van der Waals surface area contributed by atoms with Crippen molar-refractivity contribution in [2.45, 2.75) is 25.7 Å². The molecule has 10 heteroatoms. The van der Waals surface area contributed by atoms with Crippen molar-refractivity contribution in [3.8, 4) is 0 Å². The van der Waals surface area contributed by atoms with Gasteiger partial charge in [-0.25, -0.2) is 14.0 Å². The lowest BCUT2D eigenvalue weighted by molar-refractivity contribution is -0.282. The fourth-order valence-corrected chi connectivity index (χ4v) is 1.74. The van der Waals surface area contributed by atoms with Crippen LogP contribution >= 0.6 is 0 Å². The van der Waals surface area contributed by atoms with Crippen molar-refractivity contribution in [1.82, 2.24) is 5.32 Å². The number of carbonyl (C=O) groups excluding carboxylic acids is 2. The molecule has 0 aliphatic carbocycles. The van der Waals surface area contributed by atoms with Crippen LogP contribution < -0.4 is 10.6 Å². The Balaban J connectivity index is 3.09. The van der Waals surface area contributed by atoms with E-state index in [1.165, 1.54) is 31.3 Å². The molecular weight excluding hydrogens is 336 g/mol. The Morgan fingerprint density at radius 3 is 2.25 bits per heavy atom. The first-order chi connectivity index (χ1) is 11.2. The third kappa shape index (κ3) is 4.34. The highest BCUT2D eigenvalue weighted by molar-refractivity contribution is 5.94. The Hall–Kier alpha value is -2.36. The van der Waals surface area contributed by atoms with Crippen LogP contribution in [0.3, 0.4) is 0 Å². The Kier molecular flexibility index (Phi) is 6.52. The summed E-state index contributed by atoms with van der Waals surface area (Å²) in [5.41, 5.74) is -4.07. The van der Waals surface area contributed by atoms with Crippen LogP contribution in [-0.2, 0) is 14.3 Å². The number of amides is 2. The van der Waals surface area contributed by atoms with Gasteiger partial charge >= 0.3 is 23.9 Å². The quantitative estimate of drug-likeness (QED) is 0.469. The Bertz CT molecular complexity index is 594. The topological polar surface area (TPSA) is 76.7 Å². The first-order valence-corrected chi connectivity index (χ1v) is 6.89. The number of hydrogen-bond donors (Lipinski definition) is 2. The number of nitrogens with one attached hydrogen (secondary N) is 2. The number of benzene rings is 1. The minimum atomic E-state index is -5.30. The van der Waals surface area contributed by atoms with Gasteiger partial charge in [-0.05, 0) is 26.0 Å². The SMILES string of the molecule is CCOC(=O)C(NC(=O)Nc1ccccc1F)(OCC)C(F)(F)F. The van der Waals surface area contributed by atoms with Gasteiger partial charge in [0.1, 0.15) is 5.82 Å². The highest BCUT2D eigenvalue weighted by Gasteiger charge is 2.64. The molecule has 0 aliphatic rings. The van der Waals surface area contributed by atoms with Gasteiger partial charge in [-0.1, -0.05) is 12.1 Å². The maximum absolute atomic E-state index is 13.5. The smallest absolute Gasteiger partial charge is 0.448 e. The van der Waals surface area contributed by atoms with Crippen LogP contribution in [0, 0.1) is 5.82 Å². The average molecular weight is 352 g/mol. The lowest BCUT2D eigenvalue weighted by Gasteiger charge is -2.33. The standard InChI is InChI=1S/C14H16F4N2O4/c1-3-23-11(21)13(24-4-2,14(16,17)18)20-12(22)19-10-8-6-5-7-9(10)15/h5-8H,3-4H2,1-2H3,(H2,19,20,22). The van der Waals surface area contributed by atoms with Crippen LogP contribution in [0.1, 0.15) is 13.8 Å². The van der Waals surface area contributed by atoms with Gasteiger partial charge in [0.2, 0.25) is 0 Å². The number of urea groups is 1. The molecule has 1 aromatic rings. The number of para-hydroxylation sites is 1. The van der Waals surface area contributed by atoms with Crippen molar-refractivity contribution >= 4 is 17.7 Å². The predicted octanol–water partition coefficient (Wildman–Crippen LogP) is 2.81. The van der Waals surface area contributed by atoms with Crippen LogP contribution in [-0.4, -0.2) is 37.1 Å². The van der Waals surface area contributed by atoms with Crippen molar-refractivity contribution in [2.75, 3.05) is 18.5 Å². The van der Waals surface area contributed by atoms with Crippen LogP contribution in [0.15, 0.2) is 24.3 Å². The zero-order valence-electron chi connectivity index (χ0n) is 12.9. The van der Waals surface area contributed by atoms with E-state index >= 15 is 0 Å². The molecule has 0 heterocycles. The second kappa shape index (κ2) is 7.95. The molecule has 0 aromatic heterocycles. The van der Waals surface area contributed by atoms with Gasteiger partial charge in [-0.3, -0.25) is 5.32 Å². The van der Waals surface area contributed by atoms with Crippen LogP contribution in [0.5, 0.6) is 0 Å². The molecule has 0 fully saturated rings. The summed E-state index contributed by atoms with van der Waals surface area (Å²) >= 11 is 0. The van der Waals surface area contributed by atoms with Crippen molar-refractivity contribution in [3.63, 3.8) is 0 Å². The Morgan fingerprint density at radius 2 is 1.75 bits per heavy atom. The van der Waals surface area contributed by atoms with Gasteiger partial charge < -0.3 is 14.8 Å². The molecule has 1 unspecified atom stereocenters. The van der Waals surface area contributed by atoms with E-state index in [4.69, 9.17) is 0 Å². The monoisotopic (exact) mass is 352 g/mol. The van der Waals surface area contributed by atoms with E-state index in [1.54, 1.807) is 0 Å². The molecule has 1 aromatic carbocycles. The maximum Gasteiger partial charge on any atom is 0.448 e. The molecule has 6 nitrogen and oxygen atoms in total. The van der Waals surface area contributed by atoms with E-state index in [-0.39, 0.29) is 12.3 Å². The average Bonchev–Trinajstić information content (AvgIpc) is 2.48. The number of anilines is 1. The van der Waals surface area contributed by atoms with Crippen molar-refractivity contribution in [2.24, 2.45) is 0 Å². The summed E-state index contributed by atoms with van der Waals surface area (Å²) in [4.78, 5) is 23.6. The molecule has 134 valence electrons. The lowest BCUT2D eigenvalue weighted by atomic mass is 10.2. The fraction of sp³-hybridized carbons (Fsp3) is 0.429. The van der Waals surface area contributed by atoms with Crippen molar-refractivity contribution in [1.29, 1.82) is 0 Å². The molecular formula is C14H16F4N2O4. The molecule has 0 spiro atoms.